The van der Waals surface area contributed by atoms with E-state index in [9.17, 15) is 14.4 Å². The van der Waals surface area contributed by atoms with E-state index in [1.807, 2.05) is 6.07 Å². The van der Waals surface area contributed by atoms with Crippen LogP contribution in [0.3, 0.4) is 0 Å². The van der Waals surface area contributed by atoms with Gasteiger partial charge in [0.25, 0.3) is 0 Å². The van der Waals surface area contributed by atoms with Crippen molar-refractivity contribution in [1.82, 2.24) is 9.88 Å². The Labute approximate surface area is 106 Å². The van der Waals surface area contributed by atoms with Gasteiger partial charge in [-0.25, -0.2) is 4.98 Å². The number of carbonyl (C=O) groups is 3. The molecule has 3 amide bonds. The lowest BCUT2D eigenvalue weighted by Crippen LogP contribution is -2.36. The van der Waals surface area contributed by atoms with Gasteiger partial charge in [-0.2, -0.15) is 5.26 Å². The van der Waals surface area contributed by atoms with Crippen LogP contribution in [0.5, 0.6) is 0 Å². The first-order valence-corrected chi connectivity index (χ1v) is 5.91. The molecule has 7 nitrogen and oxygen atoms in total. The number of anilines is 1. The van der Waals surface area contributed by atoms with E-state index in [4.69, 9.17) is 5.26 Å². The van der Waals surface area contributed by atoms with E-state index in [0.717, 1.165) is 16.2 Å². The molecular weight excluding hydrogens is 256 g/mol. The predicted octanol–water partition coefficient (Wildman–Crippen LogP) is 0.102. The molecule has 8 heteroatoms. The molecule has 1 N–H and O–H groups in total. The Morgan fingerprint density at radius 2 is 2.17 bits per heavy atom. The van der Waals surface area contributed by atoms with E-state index in [1.54, 1.807) is 0 Å². The number of rotatable bonds is 3. The summed E-state index contributed by atoms with van der Waals surface area (Å²) in [6.45, 7) is -0.306. The first-order valence-electron chi connectivity index (χ1n) is 5.09. The van der Waals surface area contributed by atoms with Crippen LogP contribution in [0.4, 0.5) is 5.13 Å². The summed E-state index contributed by atoms with van der Waals surface area (Å²) in [4.78, 5) is 39.3. The average molecular weight is 264 g/mol. The Morgan fingerprint density at radius 3 is 2.72 bits per heavy atom. The molecule has 18 heavy (non-hydrogen) atoms. The van der Waals surface area contributed by atoms with E-state index in [-0.39, 0.29) is 36.3 Å². The normalized spacial score (nSPS) is 14.7. The van der Waals surface area contributed by atoms with Crippen molar-refractivity contribution in [1.29, 1.82) is 5.26 Å². The summed E-state index contributed by atoms with van der Waals surface area (Å²) in [5, 5.41) is 11.3. The van der Waals surface area contributed by atoms with Gasteiger partial charge in [0.05, 0.1) is 6.20 Å². The number of hydrogen-bond acceptors (Lipinski definition) is 6. The van der Waals surface area contributed by atoms with Crippen LogP contribution < -0.4 is 5.32 Å². The number of hydrogen-bond donors (Lipinski definition) is 1. The van der Waals surface area contributed by atoms with Gasteiger partial charge in [-0.15, -0.1) is 0 Å². The minimum Gasteiger partial charge on any atom is -0.300 e. The second kappa shape index (κ2) is 4.93. The molecule has 1 aliphatic rings. The fraction of sp³-hybridized carbons (Fsp3) is 0.300. The summed E-state index contributed by atoms with van der Waals surface area (Å²) < 4.78 is 0. The number of imide groups is 1. The lowest BCUT2D eigenvalue weighted by Gasteiger charge is -2.12. The highest BCUT2D eigenvalue weighted by molar-refractivity contribution is 7.16. The van der Waals surface area contributed by atoms with Crippen LogP contribution in [-0.2, 0) is 14.4 Å². The van der Waals surface area contributed by atoms with Gasteiger partial charge in [0.2, 0.25) is 17.7 Å². The Kier molecular flexibility index (Phi) is 3.34. The molecule has 0 aromatic carbocycles. The Bertz CT molecular complexity index is 544. The second-order valence-electron chi connectivity index (χ2n) is 3.56. The van der Waals surface area contributed by atoms with Gasteiger partial charge in [-0.1, -0.05) is 11.3 Å². The smallest absolute Gasteiger partial charge is 0.246 e. The minimum atomic E-state index is -0.502. The number of amides is 3. The maximum absolute atomic E-state index is 11.6. The Morgan fingerprint density at radius 1 is 1.50 bits per heavy atom. The van der Waals surface area contributed by atoms with Gasteiger partial charge < -0.3 is 5.32 Å². The number of likely N-dealkylation sites (tertiary alicyclic amines) is 1. The van der Waals surface area contributed by atoms with Crippen LogP contribution in [0, 0.1) is 11.3 Å². The molecule has 2 rings (SSSR count). The fourth-order valence-corrected chi connectivity index (χ4v) is 2.11. The van der Waals surface area contributed by atoms with Crippen molar-refractivity contribution in [2.24, 2.45) is 0 Å². The summed E-state index contributed by atoms with van der Waals surface area (Å²) >= 11 is 1.03. The SMILES string of the molecule is N#Cc1cnc(NC(=O)CN2C(=O)CCC2=O)s1. The number of nitrogens with one attached hydrogen (secondary N) is 1. The van der Waals surface area contributed by atoms with Gasteiger partial charge in [0, 0.05) is 12.8 Å². The van der Waals surface area contributed by atoms with Crippen LogP contribution in [0.1, 0.15) is 17.7 Å². The van der Waals surface area contributed by atoms with Crippen molar-refractivity contribution in [2.45, 2.75) is 12.8 Å². The van der Waals surface area contributed by atoms with Crippen molar-refractivity contribution < 1.29 is 14.4 Å². The largest absolute Gasteiger partial charge is 0.300 e. The highest BCUT2D eigenvalue weighted by Gasteiger charge is 2.30. The number of aromatic nitrogens is 1. The first kappa shape index (κ1) is 12.2. The summed E-state index contributed by atoms with van der Waals surface area (Å²) in [6.07, 6.45) is 1.65. The van der Waals surface area contributed by atoms with E-state index in [0.29, 0.717) is 4.88 Å². The maximum atomic E-state index is 11.6. The highest BCUT2D eigenvalue weighted by Crippen LogP contribution is 2.17. The molecule has 1 aliphatic heterocycles. The van der Waals surface area contributed by atoms with E-state index in [1.165, 1.54) is 6.20 Å². The molecule has 92 valence electrons. The summed E-state index contributed by atoms with van der Waals surface area (Å²) in [6, 6.07) is 1.89. The third-order valence-electron chi connectivity index (χ3n) is 2.32. The maximum Gasteiger partial charge on any atom is 0.246 e. The predicted molar refractivity (Wildman–Crippen MR) is 61.4 cm³/mol. The molecule has 0 saturated carbocycles. The van der Waals surface area contributed by atoms with Crippen LogP contribution in [0.15, 0.2) is 6.20 Å². The van der Waals surface area contributed by atoms with Crippen LogP contribution in [0.2, 0.25) is 0 Å². The number of carbonyl (C=O) groups excluding carboxylic acids is 3. The van der Waals surface area contributed by atoms with Gasteiger partial charge in [0.1, 0.15) is 17.5 Å². The first-order chi connectivity index (χ1) is 8.60. The van der Waals surface area contributed by atoms with Crippen LogP contribution in [-0.4, -0.2) is 34.2 Å². The van der Waals surface area contributed by atoms with E-state index in [2.05, 4.69) is 10.3 Å². The Balaban J connectivity index is 1.95. The van der Waals surface area contributed by atoms with E-state index >= 15 is 0 Å². The highest BCUT2D eigenvalue weighted by atomic mass is 32.1. The molecular formula is C10H8N4O3S. The standard InChI is InChI=1S/C10H8N4O3S/c11-3-6-4-12-10(18-6)13-7(15)5-14-8(16)1-2-9(14)17/h4H,1-2,5H2,(H,12,13,15). The zero-order valence-electron chi connectivity index (χ0n) is 9.17. The summed E-state index contributed by atoms with van der Waals surface area (Å²) in [5.74, 6) is -1.18. The molecule has 1 aromatic rings. The lowest BCUT2D eigenvalue weighted by atomic mass is 10.4. The van der Waals surface area contributed by atoms with Gasteiger partial charge in [-0.05, 0) is 0 Å². The molecule has 0 unspecified atom stereocenters. The molecule has 0 aliphatic carbocycles. The quantitative estimate of drug-likeness (QED) is 0.780. The van der Waals surface area contributed by atoms with Gasteiger partial charge >= 0.3 is 0 Å². The molecule has 1 saturated heterocycles. The lowest BCUT2D eigenvalue weighted by molar-refractivity contribution is -0.141. The monoisotopic (exact) mass is 264 g/mol. The van der Waals surface area contributed by atoms with Crippen LogP contribution >= 0.6 is 11.3 Å². The Hall–Kier alpha value is -2.27. The fourth-order valence-electron chi connectivity index (χ4n) is 1.49. The second-order valence-corrected chi connectivity index (χ2v) is 4.59. The minimum absolute atomic E-state index is 0.155. The van der Waals surface area contributed by atoms with Crippen molar-refractivity contribution in [2.75, 3.05) is 11.9 Å². The number of nitrogens with zero attached hydrogens (tertiary/aromatic N) is 3. The molecule has 2 heterocycles. The zero-order chi connectivity index (χ0) is 13.1. The molecule has 0 radical (unpaired) electrons. The number of thiazole rings is 1. The van der Waals surface area contributed by atoms with Crippen molar-refractivity contribution >= 4 is 34.2 Å². The van der Waals surface area contributed by atoms with Crippen molar-refractivity contribution in [3.8, 4) is 6.07 Å². The zero-order valence-corrected chi connectivity index (χ0v) is 9.99. The van der Waals surface area contributed by atoms with E-state index < -0.39 is 5.91 Å². The molecule has 1 fully saturated rings. The third kappa shape index (κ3) is 2.52. The van der Waals surface area contributed by atoms with Crippen LogP contribution in [0.25, 0.3) is 0 Å². The van der Waals surface area contributed by atoms with Crippen molar-refractivity contribution in [3.05, 3.63) is 11.1 Å². The van der Waals surface area contributed by atoms with Gasteiger partial charge in [-0.3, -0.25) is 19.3 Å². The number of nitriles is 1. The molecule has 0 spiro atoms. The van der Waals surface area contributed by atoms with Crippen molar-refractivity contribution in [3.63, 3.8) is 0 Å². The summed E-state index contributed by atoms with van der Waals surface area (Å²) in [7, 11) is 0. The topological polar surface area (TPSA) is 103 Å². The summed E-state index contributed by atoms with van der Waals surface area (Å²) in [5.41, 5.74) is 0. The molecule has 0 bridgehead atoms. The average Bonchev–Trinajstić information content (AvgIpc) is 2.91. The van der Waals surface area contributed by atoms with Gasteiger partial charge in [0.15, 0.2) is 5.13 Å². The molecule has 0 atom stereocenters. The third-order valence-corrected chi connectivity index (χ3v) is 3.14. The molecule has 1 aromatic heterocycles.